The molecular formula is C7H3N3O5S. The average Bonchev–Trinajstić information content (AvgIpc) is 2.86. The van der Waals surface area contributed by atoms with Crippen molar-refractivity contribution < 1.29 is 19.3 Å². The van der Waals surface area contributed by atoms with Gasteiger partial charge in [0, 0.05) is 6.07 Å². The summed E-state index contributed by atoms with van der Waals surface area (Å²) in [6, 6.07) is 1.24. The van der Waals surface area contributed by atoms with Crippen molar-refractivity contribution >= 4 is 23.0 Å². The zero-order valence-electron chi connectivity index (χ0n) is 7.48. The number of nitro groups is 1. The van der Waals surface area contributed by atoms with Crippen LogP contribution >= 0.6 is 11.3 Å². The Labute approximate surface area is 91.3 Å². The molecule has 0 saturated carbocycles. The van der Waals surface area contributed by atoms with E-state index in [0.29, 0.717) is 4.88 Å². The highest BCUT2D eigenvalue weighted by atomic mass is 32.1. The molecule has 0 saturated heterocycles. The number of thiophene rings is 1. The fourth-order valence-electron chi connectivity index (χ4n) is 0.945. The summed E-state index contributed by atoms with van der Waals surface area (Å²) in [5.41, 5.74) is -0.102. The molecule has 0 spiro atoms. The Balaban J connectivity index is 2.35. The Morgan fingerprint density at radius 2 is 2.38 bits per heavy atom. The van der Waals surface area contributed by atoms with Gasteiger partial charge in [0.2, 0.25) is 0 Å². The van der Waals surface area contributed by atoms with Crippen molar-refractivity contribution in [2.75, 3.05) is 0 Å². The molecule has 0 aromatic carbocycles. The highest BCUT2D eigenvalue weighted by Crippen LogP contribution is 2.29. The molecular weight excluding hydrogens is 238 g/mol. The maximum Gasteiger partial charge on any atom is 0.377 e. The van der Waals surface area contributed by atoms with Crippen LogP contribution < -0.4 is 0 Å². The first-order valence-corrected chi connectivity index (χ1v) is 4.76. The predicted molar refractivity (Wildman–Crippen MR) is 51.2 cm³/mol. The van der Waals surface area contributed by atoms with Gasteiger partial charge in [0.25, 0.3) is 17.4 Å². The maximum atomic E-state index is 10.5. The zero-order valence-corrected chi connectivity index (χ0v) is 8.30. The summed E-state index contributed by atoms with van der Waals surface area (Å²) in [5, 5.41) is 23.5. The summed E-state index contributed by atoms with van der Waals surface area (Å²) < 4.78 is 4.65. The number of carboxylic acid groups (broad SMARTS) is 1. The minimum absolute atomic E-state index is 0.0458. The molecule has 2 aromatic heterocycles. The number of hydrogen-bond acceptors (Lipinski definition) is 7. The smallest absolute Gasteiger partial charge is 0.377 e. The lowest BCUT2D eigenvalue weighted by atomic mass is 10.4. The second-order valence-electron chi connectivity index (χ2n) is 2.65. The van der Waals surface area contributed by atoms with Crippen LogP contribution in [0, 0.1) is 10.1 Å². The molecule has 0 amide bonds. The average molecular weight is 241 g/mol. The number of hydrogen-bond donors (Lipinski definition) is 1. The number of aromatic nitrogens is 2. The van der Waals surface area contributed by atoms with Gasteiger partial charge in [-0.25, -0.2) is 4.79 Å². The third-order valence-electron chi connectivity index (χ3n) is 1.62. The second-order valence-corrected chi connectivity index (χ2v) is 3.57. The molecule has 0 unspecified atom stereocenters. The number of carboxylic acids is 1. The number of nitrogens with zero attached hydrogens (tertiary/aromatic N) is 3. The number of aromatic carboxylic acids is 1. The molecule has 16 heavy (non-hydrogen) atoms. The van der Waals surface area contributed by atoms with E-state index >= 15 is 0 Å². The van der Waals surface area contributed by atoms with E-state index in [0.717, 1.165) is 11.3 Å². The van der Waals surface area contributed by atoms with Crippen LogP contribution in [0.3, 0.4) is 0 Å². The Morgan fingerprint density at radius 1 is 1.62 bits per heavy atom. The summed E-state index contributed by atoms with van der Waals surface area (Å²) in [6.45, 7) is 0. The lowest BCUT2D eigenvalue weighted by Gasteiger charge is -1.82. The topological polar surface area (TPSA) is 119 Å². The Bertz CT molecular complexity index is 510. The Kier molecular flexibility index (Phi) is 2.37. The van der Waals surface area contributed by atoms with Gasteiger partial charge >= 0.3 is 5.97 Å². The van der Waals surface area contributed by atoms with E-state index in [1.165, 1.54) is 11.4 Å². The molecule has 2 heterocycles. The lowest BCUT2D eigenvalue weighted by Crippen LogP contribution is -1.97. The van der Waals surface area contributed by atoms with Crippen LogP contribution in [0.1, 0.15) is 10.6 Å². The summed E-state index contributed by atoms with van der Waals surface area (Å²) >= 11 is 1.03. The van der Waals surface area contributed by atoms with E-state index in [4.69, 9.17) is 5.11 Å². The molecule has 8 nitrogen and oxygen atoms in total. The van der Waals surface area contributed by atoms with Crippen molar-refractivity contribution in [3.05, 3.63) is 27.4 Å². The highest BCUT2D eigenvalue weighted by Gasteiger charge is 2.18. The van der Waals surface area contributed by atoms with Gasteiger partial charge in [0.15, 0.2) is 0 Å². The van der Waals surface area contributed by atoms with Crippen molar-refractivity contribution in [1.82, 2.24) is 10.1 Å². The molecule has 2 rings (SSSR count). The third kappa shape index (κ3) is 1.75. The van der Waals surface area contributed by atoms with Gasteiger partial charge in [0.1, 0.15) is 0 Å². The molecule has 2 aromatic rings. The van der Waals surface area contributed by atoms with Gasteiger partial charge in [-0.1, -0.05) is 0 Å². The minimum Gasteiger partial charge on any atom is -0.475 e. The zero-order chi connectivity index (χ0) is 11.7. The van der Waals surface area contributed by atoms with E-state index in [2.05, 4.69) is 14.7 Å². The minimum atomic E-state index is -1.32. The third-order valence-corrected chi connectivity index (χ3v) is 2.53. The maximum absolute atomic E-state index is 10.5. The van der Waals surface area contributed by atoms with Crippen LogP contribution in [0.4, 0.5) is 5.69 Å². The van der Waals surface area contributed by atoms with E-state index in [9.17, 15) is 14.9 Å². The van der Waals surface area contributed by atoms with Gasteiger partial charge in [0.05, 0.1) is 15.2 Å². The molecule has 0 atom stereocenters. The fraction of sp³-hybridized carbons (Fsp3) is 0. The van der Waals surface area contributed by atoms with Gasteiger partial charge in [-0.15, -0.1) is 11.3 Å². The van der Waals surface area contributed by atoms with Crippen LogP contribution in [0.15, 0.2) is 16.0 Å². The van der Waals surface area contributed by atoms with Crippen molar-refractivity contribution in [2.45, 2.75) is 0 Å². The van der Waals surface area contributed by atoms with Crippen LogP contribution in [-0.2, 0) is 0 Å². The predicted octanol–water partition coefficient (Wildman–Crippen LogP) is 1.40. The van der Waals surface area contributed by atoms with Crippen LogP contribution in [0.25, 0.3) is 10.8 Å². The van der Waals surface area contributed by atoms with Crippen molar-refractivity contribution in [3.63, 3.8) is 0 Å². The second kappa shape index (κ2) is 3.70. The molecule has 1 N–H and O–H groups in total. The summed E-state index contributed by atoms with van der Waals surface area (Å²) in [7, 11) is 0. The Hall–Kier alpha value is -2.29. The highest BCUT2D eigenvalue weighted by molar-refractivity contribution is 7.13. The van der Waals surface area contributed by atoms with E-state index < -0.39 is 16.7 Å². The van der Waals surface area contributed by atoms with Crippen molar-refractivity contribution in [3.8, 4) is 10.8 Å². The molecule has 0 fully saturated rings. The molecule has 9 heteroatoms. The van der Waals surface area contributed by atoms with Crippen LogP contribution in [0.2, 0.25) is 0 Å². The molecule has 0 aliphatic heterocycles. The molecule has 0 aliphatic carbocycles. The van der Waals surface area contributed by atoms with Crippen LogP contribution in [-0.4, -0.2) is 26.1 Å². The van der Waals surface area contributed by atoms with E-state index in [1.54, 1.807) is 0 Å². The first-order valence-electron chi connectivity index (χ1n) is 3.88. The summed E-state index contributed by atoms with van der Waals surface area (Å²) in [4.78, 5) is 24.2. The van der Waals surface area contributed by atoms with Crippen molar-refractivity contribution in [1.29, 1.82) is 0 Å². The molecule has 82 valence electrons. The van der Waals surface area contributed by atoms with Gasteiger partial charge in [-0.2, -0.15) is 4.98 Å². The van der Waals surface area contributed by atoms with E-state index in [-0.39, 0.29) is 11.6 Å². The van der Waals surface area contributed by atoms with Crippen molar-refractivity contribution in [2.24, 2.45) is 0 Å². The van der Waals surface area contributed by atoms with Gasteiger partial charge < -0.3 is 9.63 Å². The first kappa shape index (κ1) is 10.2. The monoisotopic (exact) mass is 241 g/mol. The van der Waals surface area contributed by atoms with Crippen LogP contribution in [0.5, 0.6) is 0 Å². The summed E-state index contributed by atoms with van der Waals surface area (Å²) in [5.74, 6) is -1.84. The molecule has 0 aliphatic rings. The SMILES string of the molecule is O=C(O)c1noc(-c2cc([N+](=O)[O-])cs2)n1. The summed E-state index contributed by atoms with van der Waals surface area (Å²) in [6.07, 6.45) is 0. The number of carbonyl (C=O) groups is 1. The quantitative estimate of drug-likeness (QED) is 0.636. The Morgan fingerprint density at radius 3 is 2.88 bits per heavy atom. The standard InChI is InChI=1S/C7H3N3O5S/c11-7(12)5-8-6(15-9-5)4-1-3(2-16-4)10(13)14/h1-2H,(H,11,12). The normalized spacial score (nSPS) is 10.2. The largest absolute Gasteiger partial charge is 0.475 e. The fourth-order valence-corrected chi connectivity index (χ4v) is 1.72. The van der Waals surface area contributed by atoms with Gasteiger partial charge in [-0.3, -0.25) is 10.1 Å². The number of rotatable bonds is 3. The van der Waals surface area contributed by atoms with E-state index in [1.807, 2.05) is 0 Å². The first-order chi connectivity index (χ1) is 7.58. The molecule has 0 radical (unpaired) electrons. The van der Waals surface area contributed by atoms with Gasteiger partial charge in [-0.05, 0) is 5.16 Å². The molecule has 0 bridgehead atoms. The lowest BCUT2D eigenvalue weighted by molar-refractivity contribution is -0.384.